The largest absolute Gasteiger partial charge is 0.496 e. The van der Waals surface area contributed by atoms with Gasteiger partial charge in [-0.1, -0.05) is 11.6 Å². The summed E-state index contributed by atoms with van der Waals surface area (Å²) in [7, 11) is 1.51. The molecular weight excluding hydrogens is 299 g/mol. The maximum atomic E-state index is 13.3. The van der Waals surface area contributed by atoms with Crippen LogP contribution in [0.4, 0.5) is 4.39 Å². The molecule has 0 atom stereocenters. The fourth-order valence-corrected chi connectivity index (χ4v) is 1.99. The number of methoxy groups -OCH3 is 1. The molecule has 0 fully saturated rings. The van der Waals surface area contributed by atoms with E-state index in [2.05, 4.69) is 0 Å². The van der Waals surface area contributed by atoms with Crippen molar-refractivity contribution in [2.24, 2.45) is 0 Å². The highest BCUT2D eigenvalue weighted by Gasteiger charge is 2.09. The summed E-state index contributed by atoms with van der Waals surface area (Å²) in [5, 5.41) is 9.39. The number of ether oxygens (including phenoxy) is 2. The molecule has 0 radical (unpaired) electrons. The van der Waals surface area contributed by atoms with E-state index in [0.717, 1.165) is 12.1 Å². The highest BCUT2D eigenvalue weighted by molar-refractivity contribution is 6.30. The molecule has 0 amide bonds. The Balaban J connectivity index is 2.20. The van der Waals surface area contributed by atoms with Gasteiger partial charge < -0.3 is 14.6 Å². The summed E-state index contributed by atoms with van der Waals surface area (Å²) in [5.41, 5.74) is 0.495. The molecule has 2 aromatic carbocycles. The third kappa shape index (κ3) is 3.86. The lowest BCUT2D eigenvalue weighted by atomic mass is 10.2. The van der Waals surface area contributed by atoms with Crippen molar-refractivity contribution in [3.05, 3.63) is 58.4 Å². The van der Waals surface area contributed by atoms with Crippen LogP contribution in [-0.2, 0) is 6.61 Å². The number of hydrogen-bond acceptors (Lipinski definition) is 3. The van der Waals surface area contributed by atoms with Gasteiger partial charge in [-0.05, 0) is 30.3 Å². The number of hydrogen-bond donors (Lipinski definition) is 1. The van der Waals surface area contributed by atoms with Crippen LogP contribution in [0.3, 0.4) is 0 Å². The highest BCUT2D eigenvalue weighted by atomic mass is 35.5. The van der Waals surface area contributed by atoms with Crippen LogP contribution in [-0.4, -0.2) is 18.2 Å². The molecule has 0 aliphatic carbocycles. The molecule has 0 aliphatic rings. The summed E-state index contributed by atoms with van der Waals surface area (Å²) in [6.45, 7) is 0.0756. The van der Waals surface area contributed by atoms with E-state index in [4.69, 9.17) is 26.2 Å². The Labute approximate surface area is 125 Å². The molecule has 2 aromatic rings. The number of carboxylic acids is 1. The fourth-order valence-electron chi connectivity index (χ4n) is 1.79. The third-order valence-corrected chi connectivity index (χ3v) is 2.99. The number of carbonyl (C=O) groups is 1. The van der Waals surface area contributed by atoms with E-state index >= 15 is 0 Å². The Bertz CT molecular complexity index is 673. The van der Waals surface area contributed by atoms with Crippen molar-refractivity contribution in [2.45, 2.75) is 6.61 Å². The standard InChI is InChI=1S/C15H12ClFO4/c1-20-14-3-2-11(16)4-10(14)8-21-13-6-9(15(18)19)5-12(17)7-13/h2-7H,8H2,1H3,(H,18,19). The minimum absolute atomic E-state index is 0.0756. The molecule has 0 bridgehead atoms. The number of aromatic carboxylic acids is 1. The zero-order chi connectivity index (χ0) is 15.4. The maximum Gasteiger partial charge on any atom is 0.335 e. The van der Waals surface area contributed by atoms with E-state index in [1.807, 2.05) is 0 Å². The van der Waals surface area contributed by atoms with Gasteiger partial charge in [0.05, 0.1) is 12.7 Å². The molecule has 2 rings (SSSR count). The minimum Gasteiger partial charge on any atom is -0.496 e. The summed E-state index contributed by atoms with van der Waals surface area (Å²) in [4.78, 5) is 10.9. The summed E-state index contributed by atoms with van der Waals surface area (Å²) in [5.74, 6) is -1.20. The van der Waals surface area contributed by atoms with E-state index in [1.54, 1.807) is 18.2 Å². The van der Waals surface area contributed by atoms with Crippen LogP contribution in [0.15, 0.2) is 36.4 Å². The van der Waals surface area contributed by atoms with Gasteiger partial charge in [0.1, 0.15) is 23.9 Å². The van der Waals surface area contributed by atoms with E-state index in [0.29, 0.717) is 16.3 Å². The second-order valence-corrected chi connectivity index (χ2v) is 4.66. The zero-order valence-electron chi connectivity index (χ0n) is 11.1. The number of carboxylic acid groups (broad SMARTS) is 1. The van der Waals surface area contributed by atoms with Gasteiger partial charge in [0.2, 0.25) is 0 Å². The number of benzene rings is 2. The molecular formula is C15H12ClFO4. The van der Waals surface area contributed by atoms with Crippen LogP contribution in [0.5, 0.6) is 11.5 Å². The molecule has 0 spiro atoms. The molecule has 6 heteroatoms. The quantitative estimate of drug-likeness (QED) is 0.913. The van der Waals surface area contributed by atoms with Crippen LogP contribution in [0, 0.1) is 5.82 Å². The SMILES string of the molecule is COc1ccc(Cl)cc1COc1cc(F)cc(C(=O)O)c1. The molecule has 0 aliphatic heterocycles. The minimum atomic E-state index is -1.22. The Kier molecular flexibility index (Phi) is 4.65. The Morgan fingerprint density at radius 3 is 2.71 bits per heavy atom. The maximum absolute atomic E-state index is 13.3. The van der Waals surface area contributed by atoms with Gasteiger partial charge in [-0.15, -0.1) is 0 Å². The number of halogens is 2. The molecule has 0 saturated carbocycles. The second kappa shape index (κ2) is 6.45. The normalized spacial score (nSPS) is 10.2. The Hall–Kier alpha value is -2.27. The average molecular weight is 311 g/mol. The van der Waals surface area contributed by atoms with Gasteiger partial charge in [-0.25, -0.2) is 9.18 Å². The van der Waals surface area contributed by atoms with Gasteiger partial charge in [0, 0.05) is 16.7 Å². The van der Waals surface area contributed by atoms with Crippen LogP contribution in [0.1, 0.15) is 15.9 Å². The van der Waals surface area contributed by atoms with E-state index in [1.165, 1.54) is 13.2 Å². The Morgan fingerprint density at radius 1 is 1.29 bits per heavy atom. The molecule has 4 nitrogen and oxygen atoms in total. The van der Waals surface area contributed by atoms with Crippen LogP contribution in [0.2, 0.25) is 5.02 Å². The van der Waals surface area contributed by atoms with Crippen LogP contribution < -0.4 is 9.47 Å². The van der Waals surface area contributed by atoms with E-state index in [9.17, 15) is 9.18 Å². The van der Waals surface area contributed by atoms with Gasteiger partial charge in [-0.2, -0.15) is 0 Å². The molecule has 21 heavy (non-hydrogen) atoms. The van der Waals surface area contributed by atoms with Crippen LogP contribution >= 0.6 is 11.6 Å². The first kappa shape index (κ1) is 15.1. The summed E-state index contributed by atoms with van der Waals surface area (Å²) in [6.07, 6.45) is 0. The fraction of sp³-hybridized carbons (Fsp3) is 0.133. The lowest BCUT2D eigenvalue weighted by Crippen LogP contribution is -2.02. The predicted molar refractivity (Wildman–Crippen MR) is 75.7 cm³/mol. The summed E-state index contributed by atoms with van der Waals surface area (Å²) in [6, 6.07) is 8.32. The molecule has 110 valence electrons. The lowest BCUT2D eigenvalue weighted by Gasteiger charge is -2.11. The van der Waals surface area contributed by atoms with Gasteiger partial charge in [0.25, 0.3) is 0 Å². The predicted octanol–water partition coefficient (Wildman–Crippen LogP) is 3.76. The first-order valence-electron chi connectivity index (χ1n) is 5.98. The molecule has 1 N–H and O–H groups in total. The molecule has 0 heterocycles. The van der Waals surface area contributed by atoms with Gasteiger partial charge in [0.15, 0.2) is 0 Å². The number of rotatable bonds is 5. The van der Waals surface area contributed by atoms with Crippen molar-refractivity contribution in [3.8, 4) is 11.5 Å². The zero-order valence-corrected chi connectivity index (χ0v) is 11.9. The van der Waals surface area contributed by atoms with E-state index < -0.39 is 11.8 Å². The van der Waals surface area contributed by atoms with Crippen molar-refractivity contribution in [3.63, 3.8) is 0 Å². The summed E-state index contributed by atoms with van der Waals surface area (Å²) < 4.78 is 23.9. The molecule has 0 aromatic heterocycles. The lowest BCUT2D eigenvalue weighted by molar-refractivity contribution is 0.0695. The van der Waals surface area contributed by atoms with Crippen molar-refractivity contribution in [2.75, 3.05) is 7.11 Å². The molecule has 0 unspecified atom stereocenters. The van der Waals surface area contributed by atoms with E-state index in [-0.39, 0.29) is 17.9 Å². The van der Waals surface area contributed by atoms with Crippen molar-refractivity contribution in [1.29, 1.82) is 0 Å². The monoisotopic (exact) mass is 310 g/mol. The third-order valence-electron chi connectivity index (χ3n) is 2.76. The smallest absolute Gasteiger partial charge is 0.335 e. The van der Waals surface area contributed by atoms with Crippen molar-refractivity contribution < 1.29 is 23.8 Å². The van der Waals surface area contributed by atoms with Crippen molar-refractivity contribution >= 4 is 17.6 Å². The van der Waals surface area contributed by atoms with Gasteiger partial charge >= 0.3 is 5.97 Å². The van der Waals surface area contributed by atoms with Gasteiger partial charge in [-0.3, -0.25) is 0 Å². The Morgan fingerprint density at radius 2 is 2.05 bits per heavy atom. The van der Waals surface area contributed by atoms with Crippen molar-refractivity contribution in [1.82, 2.24) is 0 Å². The molecule has 0 saturated heterocycles. The second-order valence-electron chi connectivity index (χ2n) is 4.23. The van der Waals surface area contributed by atoms with Crippen LogP contribution in [0.25, 0.3) is 0 Å². The topological polar surface area (TPSA) is 55.8 Å². The average Bonchev–Trinajstić information content (AvgIpc) is 2.44. The first-order chi connectivity index (χ1) is 9.99. The first-order valence-corrected chi connectivity index (χ1v) is 6.36. The highest BCUT2D eigenvalue weighted by Crippen LogP contribution is 2.25. The summed E-state index contributed by atoms with van der Waals surface area (Å²) >= 11 is 5.90.